The highest BCUT2D eigenvalue weighted by Crippen LogP contribution is 2.44. The molecule has 0 unspecified atom stereocenters. The van der Waals surface area contributed by atoms with Crippen LogP contribution in [0.4, 0.5) is 18.2 Å². The van der Waals surface area contributed by atoms with Gasteiger partial charge in [-0.05, 0) is 52.7 Å². The number of hydrogen-bond acceptors (Lipinski definition) is 8. The highest BCUT2D eigenvalue weighted by atomic mass is 79.9. The van der Waals surface area contributed by atoms with Crippen molar-refractivity contribution < 1.29 is 35.7 Å². The van der Waals surface area contributed by atoms with E-state index in [1.807, 2.05) is 6.07 Å². The van der Waals surface area contributed by atoms with Crippen molar-refractivity contribution in [1.82, 2.24) is 14.1 Å². The number of halogens is 5. The van der Waals surface area contributed by atoms with Crippen molar-refractivity contribution in [3.8, 4) is 11.4 Å². The first-order valence-electron chi connectivity index (χ1n) is 11.7. The van der Waals surface area contributed by atoms with E-state index in [-0.39, 0.29) is 29.1 Å². The minimum atomic E-state index is -4.40. The molecule has 218 valence electrons. The van der Waals surface area contributed by atoms with Crippen LogP contribution in [0.15, 0.2) is 67.2 Å². The second-order valence-electron chi connectivity index (χ2n) is 8.55. The number of nitrogens with zero attached hydrogens (tertiary/aromatic N) is 3. The van der Waals surface area contributed by atoms with Gasteiger partial charge in [0.1, 0.15) is 5.00 Å². The van der Waals surface area contributed by atoms with Gasteiger partial charge in [0.05, 0.1) is 25.5 Å². The fourth-order valence-electron chi connectivity index (χ4n) is 3.73. The standard InChI is InChI=1S/C20H15BrF3N3O4S2.C4H4BrNO2/c21-16-14-4-1-2-5-15(14)32-18(16)27(11-3-10-20(22,23)24)33(29,30)13-8-6-12(7-9-13)17-25-19(28)31-26-17;5-6-3(7)1-2-4(6)8/h1-2,4-9H,3,10-11H2,(H,25,26,28);1-2H2. The maximum Gasteiger partial charge on any atom is 0.439 e. The number of fused-ring (bicyclic) bond motifs is 1. The third kappa shape index (κ3) is 7.25. The molecule has 2 aromatic heterocycles. The van der Waals surface area contributed by atoms with E-state index in [9.17, 15) is 36.0 Å². The molecule has 3 heterocycles. The number of aromatic nitrogens is 2. The molecule has 1 fully saturated rings. The molecule has 1 aliphatic heterocycles. The summed E-state index contributed by atoms with van der Waals surface area (Å²) in [6.07, 6.45) is -5.21. The highest BCUT2D eigenvalue weighted by Gasteiger charge is 2.32. The number of nitrogens with one attached hydrogen (secondary N) is 1. The van der Waals surface area contributed by atoms with Gasteiger partial charge in [-0.3, -0.25) is 23.4 Å². The van der Waals surface area contributed by atoms with Gasteiger partial charge in [-0.15, -0.1) is 11.3 Å². The van der Waals surface area contributed by atoms with Crippen molar-refractivity contribution >= 4 is 80.3 Å². The van der Waals surface area contributed by atoms with Crippen LogP contribution in [0.3, 0.4) is 0 Å². The molecule has 4 aromatic rings. The second kappa shape index (κ2) is 12.5. The smallest absolute Gasteiger partial charge is 0.296 e. The zero-order valence-electron chi connectivity index (χ0n) is 20.7. The molecule has 1 saturated heterocycles. The molecule has 0 aliphatic carbocycles. The van der Waals surface area contributed by atoms with Crippen molar-refractivity contribution in [2.45, 2.75) is 36.8 Å². The Morgan fingerprint density at radius 3 is 2.20 bits per heavy atom. The Balaban J connectivity index is 0.000000417. The van der Waals surface area contributed by atoms with Crippen LogP contribution < -0.4 is 10.1 Å². The molecule has 10 nitrogen and oxygen atoms in total. The van der Waals surface area contributed by atoms with Gasteiger partial charge < -0.3 is 0 Å². The number of aromatic amines is 1. The van der Waals surface area contributed by atoms with Gasteiger partial charge in [0.25, 0.3) is 10.0 Å². The number of carbonyl (C=O) groups excluding carboxylic acids is 2. The van der Waals surface area contributed by atoms with Gasteiger partial charge in [0.2, 0.25) is 11.8 Å². The minimum Gasteiger partial charge on any atom is -0.296 e. The number of hydrogen-bond donors (Lipinski definition) is 1. The Morgan fingerprint density at radius 1 is 1.05 bits per heavy atom. The van der Waals surface area contributed by atoms with Crippen LogP contribution >= 0.6 is 43.4 Å². The van der Waals surface area contributed by atoms with E-state index in [0.29, 0.717) is 27.9 Å². The summed E-state index contributed by atoms with van der Waals surface area (Å²) in [6, 6.07) is 12.6. The zero-order valence-corrected chi connectivity index (χ0v) is 25.5. The normalized spacial score (nSPS) is 13.9. The number of benzene rings is 2. The lowest BCUT2D eigenvalue weighted by molar-refractivity contribution is -0.135. The lowest BCUT2D eigenvalue weighted by Crippen LogP contribution is -2.32. The minimum absolute atomic E-state index is 0.117. The van der Waals surface area contributed by atoms with Crippen LogP contribution in [0.2, 0.25) is 0 Å². The topological polar surface area (TPSA) is 134 Å². The van der Waals surface area contributed by atoms with Crippen LogP contribution in [0.5, 0.6) is 0 Å². The number of amides is 2. The summed E-state index contributed by atoms with van der Waals surface area (Å²) in [5.74, 6) is -0.921. The molecule has 2 aromatic carbocycles. The number of imide groups is 1. The first-order valence-corrected chi connectivity index (χ1v) is 15.5. The number of sulfonamides is 1. The number of H-pyrrole nitrogens is 1. The van der Waals surface area contributed by atoms with E-state index in [1.54, 1.807) is 18.2 Å². The molecule has 0 saturated carbocycles. The summed E-state index contributed by atoms with van der Waals surface area (Å²) >= 11 is 7.40. The molecule has 0 spiro atoms. The summed E-state index contributed by atoms with van der Waals surface area (Å²) in [4.78, 5) is 34.3. The molecular weight excluding hydrogens is 721 g/mol. The predicted octanol–water partition coefficient (Wildman–Crippen LogP) is 5.99. The third-order valence-corrected chi connectivity index (χ3v) is 10.7. The van der Waals surface area contributed by atoms with Crippen LogP contribution in [-0.2, 0) is 19.6 Å². The monoisotopic (exact) mass is 738 g/mol. The number of anilines is 1. The van der Waals surface area contributed by atoms with Crippen molar-refractivity contribution in [3.05, 3.63) is 63.6 Å². The number of rotatable bonds is 7. The first kappa shape index (κ1) is 30.9. The van der Waals surface area contributed by atoms with E-state index < -0.39 is 34.8 Å². The Kier molecular flexibility index (Phi) is 9.40. The van der Waals surface area contributed by atoms with Gasteiger partial charge in [-0.25, -0.2) is 17.1 Å². The van der Waals surface area contributed by atoms with Gasteiger partial charge in [0.15, 0.2) is 5.82 Å². The zero-order chi connectivity index (χ0) is 29.9. The molecule has 1 N–H and O–H groups in total. The SMILES string of the molecule is O=C1CCC(=O)N1Br.O=c1[nH]c(-c2ccc(S(=O)(=O)N(CCCC(F)(F)F)c3sc4ccccc4c3Br)cc2)no1. The van der Waals surface area contributed by atoms with Crippen molar-refractivity contribution in [2.24, 2.45) is 0 Å². The number of thiophene rings is 1. The maximum absolute atomic E-state index is 13.5. The van der Waals surface area contributed by atoms with Crippen LogP contribution in [-0.4, -0.2) is 47.0 Å². The Bertz CT molecular complexity index is 1720. The molecule has 2 amide bonds. The largest absolute Gasteiger partial charge is 0.439 e. The molecule has 0 radical (unpaired) electrons. The quantitative estimate of drug-likeness (QED) is 0.182. The van der Waals surface area contributed by atoms with E-state index in [0.717, 1.165) is 18.3 Å². The maximum atomic E-state index is 13.5. The third-order valence-electron chi connectivity index (χ3n) is 5.71. The van der Waals surface area contributed by atoms with Crippen molar-refractivity contribution in [3.63, 3.8) is 0 Å². The molecule has 41 heavy (non-hydrogen) atoms. The van der Waals surface area contributed by atoms with Gasteiger partial charge in [0, 0.05) is 41.5 Å². The molecule has 0 atom stereocenters. The lowest BCUT2D eigenvalue weighted by atomic mass is 10.2. The summed E-state index contributed by atoms with van der Waals surface area (Å²) in [5, 5.41) is 4.60. The van der Waals surface area contributed by atoms with E-state index >= 15 is 0 Å². The number of carbonyl (C=O) groups is 2. The fourth-order valence-corrected chi connectivity index (χ4v) is 7.98. The fraction of sp³-hybridized carbons (Fsp3) is 0.250. The van der Waals surface area contributed by atoms with Gasteiger partial charge in [-0.1, -0.05) is 23.4 Å². The van der Waals surface area contributed by atoms with Crippen LogP contribution in [0.25, 0.3) is 21.5 Å². The van der Waals surface area contributed by atoms with E-state index in [2.05, 4.69) is 46.7 Å². The average Bonchev–Trinajstić information content (AvgIpc) is 3.60. The summed E-state index contributed by atoms with van der Waals surface area (Å²) in [5.41, 5.74) is 0.409. The second-order valence-corrected chi connectivity index (χ2v) is 12.9. The van der Waals surface area contributed by atoms with E-state index in [4.69, 9.17) is 0 Å². The van der Waals surface area contributed by atoms with Crippen molar-refractivity contribution in [1.29, 1.82) is 0 Å². The van der Waals surface area contributed by atoms with Gasteiger partial charge in [-0.2, -0.15) is 13.2 Å². The summed E-state index contributed by atoms with van der Waals surface area (Å²) < 4.78 is 73.0. The van der Waals surface area contributed by atoms with Crippen LogP contribution in [0, 0.1) is 0 Å². The van der Waals surface area contributed by atoms with Crippen LogP contribution in [0.1, 0.15) is 25.7 Å². The summed E-state index contributed by atoms with van der Waals surface area (Å²) in [7, 11) is -4.21. The molecule has 5 rings (SSSR count). The first-order chi connectivity index (χ1) is 19.3. The highest BCUT2D eigenvalue weighted by molar-refractivity contribution is 9.11. The Labute approximate surface area is 251 Å². The van der Waals surface area contributed by atoms with Gasteiger partial charge >= 0.3 is 11.9 Å². The van der Waals surface area contributed by atoms with E-state index in [1.165, 1.54) is 35.6 Å². The number of alkyl halides is 3. The molecule has 17 heteroatoms. The Morgan fingerprint density at radius 2 is 1.68 bits per heavy atom. The van der Waals surface area contributed by atoms with Crippen molar-refractivity contribution in [2.75, 3.05) is 10.8 Å². The molecular formula is C24H19Br2F3N4O6S2. The lowest BCUT2D eigenvalue weighted by Gasteiger charge is -2.24. The predicted molar refractivity (Wildman–Crippen MR) is 152 cm³/mol. The Hall–Kier alpha value is -3.02. The summed E-state index contributed by atoms with van der Waals surface area (Å²) in [6.45, 7) is -0.356. The molecule has 1 aliphatic rings. The average molecular weight is 740 g/mol. The molecule has 0 bridgehead atoms.